The Balaban J connectivity index is 1.95. The first-order chi connectivity index (χ1) is 9.08. The molecule has 0 bridgehead atoms. The Labute approximate surface area is 129 Å². The second kappa shape index (κ2) is 6.84. The minimum atomic E-state index is -0.399. The van der Waals surface area contributed by atoms with Crippen LogP contribution in [0.1, 0.15) is 36.0 Å². The number of nitrogens with one attached hydrogen (secondary N) is 1. The number of rotatable bonds is 3. The second-order valence-electron chi connectivity index (χ2n) is 4.89. The van der Waals surface area contributed by atoms with Crippen molar-refractivity contribution >= 4 is 37.8 Å². The average Bonchev–Trinajstić information content (AvgIpc) is 2.40. The van der Waals surface area contributed by atoms with Crippen LogP contribution in [-0.2, 0) is 0 Å². The van der Waals surface area contributed by atoms with E-state index in [-0.39, 0.29) is 5.91 Å². The van der Waals surface area contributed by atoms with Gasteiger partial charge in [0.25, 0.3) is 5.91 Å². The molecule has 0 heterocycles. The topological polar surface area (TPSA) is 29.1 Å². The van der Waals surface area contributed by atoms with E-state index >= 15 is 0 Å². The maximum atomic E-state index is 13.2. The zero-order valence-corrected chi connectivity index (χ0v) is 13.6. The van der Waals surface area contributed by atoms with Crippen LogP contribution in [-0.4, -0.2) is 17.3 Å². The highest BCUT2D eigenvalue weighted by Crippen LogP contribution is 2.29. The fourth-order valence-corrected chi connectivity index (χ4v) is 3.58. The normalized spacial score (nSPS) is 23.1. The summed E-state index contributed by atoms with van der Waals surface area (Å²) in [5.41, 5.74) is 0.349. The van der Waals surface area contributed by atoms with E-state index in [0.717, 1.165) is 12.8 Å². The van der Waals surface area contributed by atoms with Crippen molar-refractivity contribution < 1.29 is 9.18 Å². The summed E-state index contributed by atoms with van der Waals surface area (Å²) in [6, 6.07) is 4.14. The summed E-state index contributed by atoms with van der Waals surface area (Å²) < 4.78 is 13.8. The van der Waals surface area contributed by atoms with E-state index in [1.165, 1.54) is 25.0 Å². The zero-order chi connectivity index (χ0) is 13.8. The molecule has 2 rings (SSSR count). The predicted molar refractivity (Wildman–Crippen MR) is 81.1 cm³/mol. The van der Waals surface area contributed by atoms with Gasteiger partial charge in [-0.15, -0.1) is 0 Å². The molecule has 0 spiro atoms. The Hall–Kier alpha value is -0.420. The highest BCUT2D eigenvalue weighted by molar-refractivity contribution is 9.10. The van der Waals surface area contributed by atoms with E-state index < -0.39 is 5.82 Å². The van der Waals surface area contributed by atoms with Crippen LogP contribution in [0.25, 0.3) is 0 Å². The van der Waals surface area contributed by atoms with Crippen molar-refractivity contribution in [2.24, 2.45) is 5.92 Å². The number of hydrogen-bond donors (Lipinski definition) is 1. The summed E-state index contributed by atoms with van der Waals surface area (Å²) in [4.78, 5) is 12.5. The Bertz CT molecular complexity index is 467. The van der Waals surface area contributed by atoms with E-state index in [2.05, 4.69) is 37.2 Å². The molecule has 1 fully saturated rings. The molecular formula is C14H16Br2FNO. The van der Waals surface area contributed by atoms with Gasteiger partial charge < -0.3 is 5.32 Å². The van der Waals surface area contributed by atoms with Crippen molar-refractivity contribution in [1.82, 2.24) is 5.32 Å². The Morgan fingerprint density at radius 3 is 2.84 bits per heavy atom. The molecule has 1 aromatic rings. The first-order valence-electron chi connectivity index (χ1n) is 6.45. The van der Waals surface area contributed by atoms with Crippen molar-refractivity contribution in [3.05, 3.63) is 34.1 Å². The summed E-state index contributed by atoms with van der Waals surface area (Å²) in [7, 11) is 0. The molecule has 2 unspecified atom stereocenters. The van der Waals surface area contributed by atoms with Gasteiger partial charge in [0.05, 0.1) is 5.56 Å². The number of alkyl halides is 1. The lowest BCUT2D eigenvalue weighted by molar-refractivity contribution is 0.0943. The lowest BCUT2D eigenvalue weighted by Gasteiger charge is -2.27. The summed E-state index contributed by atoms with van der Waals surface area (Å²) in [5, 5.41) is 2.90. The van der Waals surface area contributed by atoms with Crippen molar-refractivity contribution in [3.63, 3.8) is 0 Å². The SMILES string of the molecule is O=C(NCC1CCCCC1Br)c1cc(F)ccc1Br. The first-order valence-corrected chi connectivity index (χ1v) is 8.16. The quantitative estimate of drug-likeness (QED) is 0.764. The Kier molecular flexibility index (Phi) is 5.39. The van der Waals surface area contributed by atoms with Crippen LogP contribution < -0.4 is 5.32 Å². The van der Waals surface area contributed by atoms with E-state index in [0.29, 0.717) is 27.3 Å². The molecule has 1 amide bonds. The molecule has 1 N–H and O–H groups in total. The van der Waals surface area contributed by atoms with Gasteiger partial charge in [0.15, 0.2) is 0 Å². The van der Waals surface area contributed by atoms with Gasteiger partial charge >= 0.3 is 0 Å². The molecule has 1 aliphatic rings. The Morgan fingerprint density at radius 2 is 2.11 bits per heavy atom. The van der Waals surface area contributed by atoms with Gasteiger partial charge in [-0.2, -0.15) is 0 Å². The van der Waals surface area contributed by atoms with Crippen molar-refractivity contribution in [3.8, 4) is 0 Å². The number of carbonyl (C=O) groups is 1. The number of hydrogen-bond acceptors (Lipinski definition) is 1. The lowest BCUT2D eigenvalue weighted by Crippen LogP contribution is -2.34. The van der Waals surface area contributed by atoms with Gasteiger partial charge in [0, 0.05) is 15.8 Å². The summed E-state index contributed by atoms with van der Waals surface area (Å²) >= 11 is 6.94. The van der Waals surface area contributed by atoms with E-state index in [1.54, 1.807) is 6.07 Å². The average molecular weight is 393 g/mol. The highest BCUT2D eigenvalue weighted by Gasteiger charge is 2.23. The highest BCUT2D eigenvalue weighted by atomic mass is 79.9. The molecule has 1 aliphatic carbocycles. The Morgan fingerprint density at radius 1 is 1.37 bits per heavy atom. The minimum Gasteiger partial charge on any atom is -0.352 e. The van der Waals surface area contributed by atoms with Gasteiger partial charge in [0.1, 0.15) is 5.82 Å². The van der Waals surface area contributed by atoms with Crippen molar-refractivity contribution in [2.75, 3.05) is 6.54 Å². The smallest absolute Gasteiger partial charge is 0.252 e. The number of benzene rings is 1. The number of carbonyl (C=O) groups excluding carboxylic acids is 1. The third-order valence-electron chi connectivity index (χ3n) is 3.51. The lowest BCUT2D eigenvalue weighted by atomic mass is 9.89. The van der Waals surface area contributed by atoms with Crippen LogP contribution >= 0.6 is 31.9 Å². The molecule has 0 radical (unpaired) electrons. The number of amides is 1. The van der Waals surface area contributed by atoms with Gasteiger partial charge in [-0.05, 0) is 52.9 Å². The monoisotopic (exact) mass is 391 g/mol. The maximum absolute atomic E-state index is 13.2. The first kappa shape index (κ1) is 15.0. The zero-order valence-electron chi connectivity index (χ0n) is 10.5. The van der Waals surface area contributed by atoms with Crippen LogP contribution in [0.4, 0.5) is 4.39 Å². The number of halogens is 3. The van der Waals surface area contributed by atoms with E-state index in [9.17, 15) is 9.18 Å². The molecule has 0 aliphatic heterocycles. The molecule has 1 saturated carbocycles. The maximum Gasteiger partial charge on any atom is 0.252 e. The van der Waals surface area contributed by atoms with Crippen LogP contribution in [0.15, 0.2) is 22.7 Å². The molecule has 2 atom stereocenters. The van der Waals surface area contributed by atoms with Gasteiger partial charge in [-0.1, -0.05) is 28.8 Å². The third kappa shape index (κ3) is 4.02. The standard InChI is InChI=1S/C14H16Br2FNO/c15-12-4-2-1-3-9(12)8-18-14(19)11-7-10(17)5-6-13(11)16/h5-7,9,12H,1-4,8H2,(H,18,19). The summed E-state index contributed by atoms with van der Waals surface area (Å²) in [6.07, 6.45) is 4.74. The van der Waals surface area contributed by atoms with Gasteiger partial charge in [-0.25, -0.2) is 4.39 Å². The second-order valence-corrected chi connectivity index (χ2v) is 6.93. The third-order valence-corrected chi connectivity index (χ3v) is 5.41. The molecule has 5 heteroatoms. The van der Waals surface area contributed by atoms with Crippen LogP contribution in [0.3, 0.4) is 0 Å². The van der Waals surface area contributed by atoms with E-state index in [4.69, 9.17) is 0 Å². The van der Waals surface area contributed by atoms with Crippen LogP contribution in [0.5, 0.6) is 0 Å². The molecule has 19 heavy (non-hydrogen) atoms. The predicted octanol–water partition coefficient (Wildman–Crippen LogP) is 4.27. The van der Waals surface area contributed by atoms with Crippen LogP contribution in [0, 0.1) is 11.7 Å². The molecule has 1 aromatic carbocycles. The van der Waals surface area contributed by atoms with E-state index in [1.807, 2.05) is 0 Å². The van der Waals surface area contributed by atoms with Crippen molar-refractivity contribution in [2.45, 2.75) is 30.5 Å². The molecular weight excluding hydrogens is 377 g/mol. The van der Waals surface area contributed by atoms with Gasteiger partial charge in [-0.3, -0.25) is 4.79 Å². The van der Waals surface area contributed by atoms with Crippen LogP contribution in [0.2, 0.25) is 0 Å². The molecule has 0 saturated heterocycles. The molecule has 0 aromatic heterocycles. The molecule has 2 nitrogen and oxygen atoms in total. The summed E-state index contributed by atoms with van der Waals surface area (Å²) in [5.74, 6) is -0.161. The molecule has 104 valence electrons. The van der Waals surface area contributed by atoms with Crippen molar-refractivity contribution in [1.29, 1.82) is 0 Å². The minimum absolute atomic E-state index is 0.225. The fourth-order valence-electron chi connectivity index (χ4n) is 2.38. The van der Waals surface area contributed by atoms with Gasteiger partial charge in [0.2, 0.25) is 0 Å². The largest absolute Gasteiger partial charge is 0.352 e. The fraction of sp³-hybridized carbons (Fsp3) is 0.500. The summed E-state index contributed by atoms with van der Waals surface area (Å²) in [6.45, 7) is 0.637.